The number of carbonyl (C=O) groups is 3. The van der Waals surface area contributed by atoms with E-state index < -0.39 is 23.6 Å². The quantitative estimate of drug-likeness (QED) is 0.511. The molecule has 2 aromatic carbocycles. The fourth-order valence-electron chi connectivity index (χ4n) is 4.56. The highest BCUT2D eigenvalue weighted by Gasteiger charge is 2.30. The molecule has 10 nitrogen and oxygen atoms in total. The Balaban J connectivity index is 1.34. The van der Waals surface area contributed by atoms with E-state index in [1.807, 2.05) is 19.1 Å². The van der Waals surface area contributed by atoms with E-state index in [-0.39, 0.29) is 30.2 Å². The molecule has 2 unspecified atom stereocenters. The number of urea groups is 1. The standard InChI is InChI=1S/C24H24N6O4/c1-13(25-24(34)26-17-7-5-14-3-2-4-16(14)11-17)15-6-8-19-18(12-15)23(33)30(29-28-19)20-9-10-21(31)27-22(20)32/h5-8,11-13,20H,2-4,9-10H2,1H3,(H2,25,26,34)(H,27,31,32). The van der Waals surface area contributed by atoms with Gasteiger partial charge in [-0.25, -0.2) is 4.79 Å². The van der Waals surface area contributed by atoms with Gasteiger partial charge in [-0.1, -0.05) is 17.3 Å². The molecule has 10 heteroatoms. The number of rotatable bonds is 4. The van der Waals surface area contributed by atoms with E-state index in [1.165, 1.54) is 11.1 Å². The van der Waals surface area contributed by atoms with Gasteiger partial charge >= 0.3 is 6.03 Å². The Morgan fingerprint density at radius 2 is 1.91 bits per heavy atom. The molecule has 5 rings (SSSR count). The zero-order valence-electron chi connectivity index (χ0n) is 18.6. The highest BCUT2D eigenvalue weighted by atomic mass is 16.2. The van der Waals surface area contributed by atoms with Gasteiger partial charge in [-0.3, -0.25) is 19.7 Å². The second-order valence-electron chi connectivity index (χ2n) is 8.74. The van der Waals surface area contributed by atoms with Crippen LogP contribution in [0.25, 0.3) is 10.9 Å². The minimum atomic E-state index is -0.889. The molecule has 0 bridgehead atoms. The van der Waals surface area contributed by atoms with Gasteiger partial charge in [-0.05, 0) is 73.6 Å². The van der Waals surface area contributed by atoms with Gasteiger partial charge in [0.2, 0.25) is 5.91 Å². The van der Waals surface area contributed by atoms with Crippen LogP contribution in [-0.2, 0) is 22.4 Å². The molecule has 1 aromatic heterocycles. The van der Waals surface area contributed by atoms with Gasteiger partial charge in [0.15, 0.2) is 0 Å². The number of aryl methyl sites for hydroxylation is 2. The van der Waals surface area contributed by atoms with E-state index in [2.05, 4.69) is 32.3 Å². The molecule has 0 spiro atoms. The molecule has 174 valence electrons. The summed E-state index contributed by atoms with van der Waals surface area (Å²) in [6.45, 7) is 1.82. The average molecular weight is 460 g/mol. The third-order valence-corrected chi connectivity index (χ3v) is 6.42. The molecule has 0 saturated carbocycles. The molecule has 1 aliphatic carbocycles. The van der Waals surface area contributed by atoms with Gasteiger partial charge in [0, 0.05) is 12.1 Å². The van der Waals surface area contributed by atoms with Gasteiger partial charge in [-0.2, -0.15) is 4.68 Å². The third-order valence-electron chi connectivity index (χ3n) is 6.42. The van der Waals surface area contributed by atoms with E-state index in [0.717, 1.165) is 29.6 Å². The summed E-state index contributed by atoms with van der Waals surface area (Å²) >= 11 is 0. The molecule has 2 aliphatic rings. The lowest BCUT2D eigenvalue weighted by atomic mass is 10.0. The molecular formula is C24H24N6O4. The second kappa shape index (κ2) is 8.69. The van der Waals surface area contributed by atoms with Crippen molar-refractivity contribution in [3.8, 4) is 0 Å². The van der Waals surface area contributed by atoms with Crippen molar-refractivity contribution in [2.24, 2.45) is 0 Å². The number of anilines is 1. The van der Waals surface area contributed by atoms with E-state index in [0.29, 0.717) is 11.1 Å². The maximum atomic E-state index is 13.1. The summed E-state index contributed by atoms with van der Waals surface area (Å²) in [7, 11) is 0. The maximum absolute atomic E-state index is 13.1. The van der Waals surface area contributed by atoms with Crippen molar-refractivity contribution >= 4 is 34.4 Å². The van der Waals surface area contributed by atoms with Crippen molar-refractivity contribution in [3.05, 3.63) is 63.4 Å². The summed E-state index contributed by atoms with van der Waals surface area (Å²) in [6.07, 6.45) is 3.56. The number of nitrogens with one attached hydrogen (secondary N) is 3. The Morgan fingerprint density at radius 1 is 1.09 bits per heavy atom. The van der Waals surface area contributed by atoms with Crippen molar-refractivity contribution < 1.29 is 14.4 Å². The monoisotopic (exact) mass is 460 g/mol. The number of carbonyl (C=O) groups excluding carboxylic acids is 3. The van der Waals surface area contributed by atoms with Crippen LogP contribution in [0.2, 0.25) is 0 Å². The van der Waals surface area contributed by atoms with Crippen LogP contribution in [0, 0.1) is 0 Å². The number of piperidine rings is 1. The van der Waals surface area contributed by atoms with Gasteiger partial charge in [-0.15, -0.1) is 5.10 Å². The Hall–Kier alpha value is -4.08. The summed E-state index contributed by atoms with van der Waals surface area (Å²) in [5.41, 5.74) is 3.96. The lowest BCUT2D eigenvalue weighted by Gasteiger charge is -2.21. The predicted molar refractivity (Wildman–Crippen MR) is 124 cm³/mol. The van der Waals surface area contributed by atoms with Crippen LogP contribution in [0.15, 0.2) is 41.2 Å². The van der Waals surface area contributed by atoms with Crippen molar-refractivity contribution in [2.75, 3.05) is 5.32 Å². The van der Waals surface area contributed by atoms with Gasteiger partial charge < -0.3 is 10.6 Å². The van der Waals surface area contributed by atoms with E-state index in [1.54, 1.807) is 18.2 Å². The molecule has 2 heterocycles. The summed E-state index contributed by atoms with van der Waals surface area (Å²) < 4.78 is 1.02. The third kappa shape index (κ3) is 4.14. The molecule has 4 amide bonds. The topological polar surface area (TPSA) is 135 Å². The number of hydrogen-bond acceptors (Lipinski definition) is 6. The molecule has 3 aromatic rings. The molecule has 3 N–H and O–H groups in total. The van der Waals surface area contributed by atoms with Crippen molar-refractivity contribution in [1.29, 1.82) is 0 Å². The number of aromatic nitrogens is 3. The molecule has 1 saturated heterocycles. The van der Waals surface area contributed by atoms with Crippen LogP contribution in [-0.4, -0.2) is 32.8 Å². The predicted octanol–water partition coefficient (Wildman–Crippen LogP) is 2.14. The molecule has 1 fully saturated rings. The number of fused-ring (bicyclic) bond motifs is 2. The van der Waals surface area contributed by atoms with Crippen molar-refractivity contribution in [3.63, 3.8) is 0 Å². The molecular weight excluding hydrogens is 436 g/mol. The molecule has 1 aliphatic heterocycles. The minimum absolute atomic E-state index is 0.128. The SMILES string of the molecule is CC(NC(=O)Nc1ccc2c(c1)CCC2)c1ccc2nnn(C3CCC(=O)NC3=O)c(=O)c2c1. The fraction of sp³-hybridized carbons (Fsp3) is 0.333. The number of nitrogens with zero attached hydrogens (tertiary/aromatic N) is 3. The summed E-state index contributed by atoms with van der Waals surface area (Å²) in [6, 6.07) is 9.42. The zero-order valence-corrected chi connectivity index (χ0v) is 18.6. The smallest absolute Gasteiger partial charge is 0.319 e. The fourth-order valence-corrected chi connectivity index (χ4v) is 4.56. The van der Waals surface area contributed by atoms with Gasteiger partial charge in [0.1, 0.15) is 11.6 Å². The highest BCUT2D eigenvalue weighted by Crippen LogP contribution is 2.25. The van der Waals surface area contributed by atoms with E-state index >= 15 is 0 Å². The normalized spacial score (nSPS) is 18.3. The van der Waals surface area contributed by atoms with Crippen LogP contribution in [0.1, 0.15) is 55.0 Å². The van der Waals surface area contributed by atoms with Gasteiger partial charge in [0.25, 0.3) is 11.5 Å². The lowest BCUT2D eigenvalue weighted by Crippen LogP contribution is -2.45. The number of hydrogen-bond donors (Lipinski definition) is 3. The minimum Gasteiger partial charge on any atom is -0.331 e. The Labute approximate surface area is 194 Å². The molecule has 2 atom stereocenters. The van der Waals surface area contributed by atoms with Gasteiger partial charge in [0.05, 0.1) is 11.4 Å². The summed E-state index contributed by atoms with van der Waals surface area (Å²) in [5, 5.41) is 16.2. The maximum Gasteiger partial charge on any atom is 0.319 e. The van der Waals surface area contributed by atoms with Crippen molar-refractivity contribution in [1.82, 2.24) is 25.6 Å². The molecule has 0 radical (unpaired) electrons. The van der Waals surface area contributed by atoms with E-state index in [4.69, 9.17) is 0 Å². The van der Waals surface area contributed by atoms with Crippen LogP contribution in [0.5, 0.6) is 0 Å². The first kappa shape index (κ1) is 21.7. The number of amides is 4. The van der Waals surface area contributed by atoms with Crippen LogP contribution < -0.4 is 21.5 Å². The Kier molecular flexibility index (Phi) is 5.56. The highest BCUT2D eigenvalue weighted by molar-refractivity contribution is 5.99. The second-order valence-corrected chi connectivity index (χ2v) is 8.74. The van der Waals surface area contributed by atoms with Crippen LogP contribution in [0.3, 0.4) is 0 Å². The Morgan fingerprint density at radius 3 is 2.74 bits per heavy atom. The van der Waals surface area contributed by atoms with E-state index in [9.17, 15) is 19.2 Å². The first-order valence-electron chi connectivity index (χ1n) is 11.3. The first-order chi connectivity index (χ1) is 16.4. The molecule has 34 heavy (non-hydrogen) atoms. The average Bonchev–Trinajstić information content (AvgIpc) is 3.27. The number of benzene rings is 2. The lowest BCUT2D eigenvalue weighted by molar-refractivity contribution is -0.136. The summed E-state index contributed by atoms with van der Waals surface area (Å²) in [4.78, 5) is 49.3. The van der Waals surface area contributed by atoms with Crippen molar-refractivity contribution in [2.45, 2.75) is 51.1 Å². The zero-order chi connectivity index (χ0) is 23.8. The number of imide groups is 1. The first-order valence-corrected chi connectivity index (χ1v) is 11.3. The summed E-state index contributed by atoms with van der Waals surface area (Å²) in [5.74, 6) is -0.940. The largest absolute Gasteiger partial charge is 0.331 e. The Bertz CT molecular complexity index is 1380. The van der Waals surface area contributed by atoms with Crippen LogP contribution >= 0.6 is 0 Å². The van der Waals surface area contributed by atoms with Crippen LogP contribution in [0.4, 0.5) is 10.5 Å².